The van der Waals surface area contributed by atoms with Gasteiger partial charge in [0.15, 0.2) is 0 Å². The third-order valence-corrected chi connectivity index (χ3v) is 5.29. The molecule has 0 amide bonds. The molecule has 3 rings (SSSR count). The van der Waals surface area contributed by atoms with E-state index in [0.29, 0.717) is 32.2 Å². The van der Waals surface area contributed by atoms with E-state index in [9.17, 15) is 9.18 Å². The molecule has 0 fully saturated rings. The molecule has 28 heavy (non-hydrogen) atoms. The lowest BCUT2D eigenvalue weighted by Crippen LogP contribution is -2.34. The molecule has 1 aromatic carbocycles. The van der Waals surface area contributed by atoms with E-state index in [4.69, 9.17) is 20.9 Å². The topological polar surface area (TPSA) is 125 Å². The van der Waals surface area contributed by atoms with Gasteiger partial charge in [0.05, 0.1) is 18.2 Å². The molecule has 0 saturated heterocycles. The molecule has 0 aliphatic carbocycles. The largest absolute Gasteiger partial charge is 0.485 e. The monoisotopic (exact) mass is 405 g/mol. The van der Waals surface area contributed by atoms with Crippen molar-refractivity contribution in [1.82, 2.24) is 9.97 Å². The van der Waals surface area contributed by atoms with Gasteiger partial charge < -0.3 is 26.3 Å². The standard InChI is InChI=1S/C18H20FN5O3S/c1-9-14-16(22-8-23-17(14)28-15(9)18(25)26-2)24-12-4-3-10(19)5-13(12)27-11(6-20)7-21/h3-5,8,11H,6-7,20-21H2,1-2H3,(H,22,23,24). The van der Waals surface area contributed by atoms with Gasteiger partial charge in [-0.1, -0.05) is 0 Å². The van der Waals surface area contributed by atoms with Crippen molar-refractivity contribution in [1.29, 1.82) is 0 Å². The first kappa shape index (κ1) is 19.9. The lowest BCUT2D eigenvalue weighted by Gasteiger charge is -2.19. The van der Waals surface area contributed by atoms with Gasteiger partial charge in [0.25, 0.3) is 0 Å². The number of carbonyl (C=O) groups excluding carboxylic acids is 1. The van der Waals surface area contributed by atoms with Crippen LogP contribution in [0.3, 0.4) is 0 Å². The van der Waals surface area contributed by atoms with Crippen LogP contribution < -0.4 is 21.5 Å². The number of hydrogen-bond acceptors (Lipinski definition) is 9. The van der Waals surface area contributed by atoms with Gasteiger partial charge in [-0.25, -0.2) is 19.2 Å². The summed E-state index contributed by atoms with van der Waals surface area (Å²) < 4.78 is 24.3. The third kappa shape index (κ3) is 3.88. The predicted molar refractivity (Wildman–Crippen MR) is 106 cm³/mol. The summed E-state index contributed by atoms with van der Waals surface area (Å²) in [5.74, 6) is -0.178. The molecule has 0 radical (unpaired) electrons. The fourth-order valence-electron chi connectivity index (χ4n) is 2.65. The van der Waals surface area contributed by atoms with Crippen molar-refractivity contribution < 1.29 is 18.7 Å². The normalized spacial score (nSPS) is 11.1. The number of ether oxygens (including phenoxy) is 2. The average Bonchev–Trinajstić information content (AvgIpc) is 3.05. The van der Waals surface area contributed by atoms with Crippen molar-refractivity contribution in [3.63, 3.8) is 0 Å². The third-order valence-electron chi connectivity index (χ3n) is 4.11. The van der Waals surface area contributed by atoms with E-state index in [0.717, 1.165) is 0 Å². The number of hydrogen-bond donors (Lipinski definition) is 3. The highest BCUT2D eigenvalue weighted by Gasteiger charge is 2.20. The predicted octanol–water partition coefficient (Wildman–Crippen LogP) is 2.33. The van der Waals surface area contributed by atoms with Gasteiger partial charge in [0, 0.05) is 19.2 Å². The van der Waals surface area contributed by atoms with E-state index >= 15 is 0 Å². The van der Waals surface area contributed by atoms with E-state index in [-0.39, 0.29) is 18.8 Å². The highest BCUT2D eigenvalue weighted by atomic mass is 32.1. The highest BCUT2D eigenvalue weighted by molar-refractivity contribution is 7.20. The summed E-state index contributed by atoms with van der Waals surface area (Å²) in [6.07, 6.45) is 0.926. The maximum Gasteiger partial charge on any atom is 0.348 e. The van der Waals surface area contributed by atoms with Crippen LogP contribution in [-0.4, -0.2) is 42.2 Å². The van der Waals surface area contributed by atoms with Gasteiger partial charge in [-0.15, -0.1) is 11.3 Å². The van der Waals surface area contributed by atoms with Crippen molar-refractivity contribution in [2.24, 2.45) is 11.5 Å². The van der Waals surface area contributed by atoms with Gasteiger partial charge in [0.2, 0.25) is 0 Å². The quantitative estimate of drug-likeness (QED) is 0.512. The summed E-state index contributed by atoms with van der Waals surface area (Å²) in [4.78, 5) is 21.6. The van der Waals surface area contributed by atoms with E-state index in [1.165, 1.54) is 43.0 Å². The molecule has 0 atom stereocenters. The number of fused-ring (bicyclic) bond motifs is 1. The van der Waals surface area contributed by atoms with Crippen molar-refractivity contribution >= 4 is 39.0 Å². The highest BCUT2D eigenvalue weighted by Crippen LogP contribution is 2.36. The molecule has 0 aliphatic heterocycles. The zero-order valence-electron chi connectivity index (χ0n) is 15.4. The van der Waals surface area contributed by atoms with Crippen LogP contribution in [0.25, 0.3) is 10.2 Å². The second-order valence-corrected chi connectivity index (χ2v) is 6.93. The van der Waals surface area contributed by atoms with Gasteiger partial charge in [0.1, 0.15) is 39.5 Å². The number of carbonyl (C=O) groups is 1. The molecule has 8 nitrogen and oxygen atoms in total. The number of benzene rings is 1. The first-order valence-corrected chi connectivity index (χ1v) is 9.25. The van der Waals surface area contributed by atoms with Gasteiger partial charge >= 0.3 is 5.97 Å². The number of aryl methyl sites for hydroxylation is 1. The van der Waals surface area contributed by atoms with Crippen molar-refractivity contribution in [3.05, 3.63) is 40.8 Å². The minimum atomic E-state index is -0.458. The Morgan fingerprint density at radius 2 is 2.07 bits per heavy atom. The number of thiophene rings is 1. The van der Waals surface area contributed by atoms with Crippen LogP contribution in [0.15, 0.2) is 24.5 Å². The van der Waals surface area contributed by atoms with Crippen molar-refractivity contribution in [3.8, 4) is 5.75 Å². The number of nitrogens with two attached hydrogens (primary N) is 2. The fourth-order valence-corrected chi connectivity index (χ4v) is 3.72. The Morgan fingerprint density at radius 3 is 2.75 bits per heavy atom. The maximum absolute atomic E-state index is 13.7. The van der Waals surface area contributed by atoms with Crippen LogP contribution in [0.1, 0.15) is 15.2 Å². The molecule has 0 unspecified atom stereocenters. The molecule has 0 aliphatic rings. The average molecular weight is 405 g/mol. The van der Waals surface area contributed by atoms with Crippen molar-refractivity contribution in [2.75, 3.05) is 25.5 Å². The molecule has 3 aromatic rings. The van der Waals surface area contributed by atoms with Gasteiger partial charge in [-0.05, 0) is 24.6 Å². The molecule has 0 bridgehead atoms. The van der Waals surface area contributed by atoms with E-state index in [1.54, 1.807) is 6.92 Å². The second-order valence-electron chi connectivity index (χ2n) is 5.93. The number of esters is 1. The summed E-state index contributed by atoms with van der Waals surface area (Å²) in [5, 5.41) is 3.82. The molecule has 10 heteroatoms. The van der Waals surface area contributed by atoms with Crippen LogP contribution in [0.2, 0.25) is 0 Å². The Labute approximate surface area is 164 Å². The van der Waals surface area contributed by atoms with Gasteiger partial charge in [-0.2, -0.15) is 0 Å². The first-order valence-electron chi connectivity index (χ1n) is 8.44. The van der Waals surface area contributed by atoms with E-state index in [1.807, 2.05) is 0 Å². The molecule has 0 saturated carbocycles. The van der Waals surface area contributed by atoms with Crippen LogP contribution in [0.5, 0.6) is 5.75 Å². The lowest BCUT2D eigenvalue weighted by molar-refractivity contribution is 0.0605. The smallest absolute Gasteiger partial charge is 0.348 e. The number of aromatic nitrogens is 2. The van der Waals surface area contributed by atoms with E-state index < -0.39 is 17.9 Å². The lowest BCUT2D eigenvalue weighted by atomic mass is 10.2. The Kier molecular flexibility index (Phi) is 6.02. The van der Waals surface area contributed by atoms with Gasteiger partial charge in [-0.3, -0.25) is 0 Å². The molecule has 0 spiro atoms. The Morgan fingerprint density at radius 1 is 1.32 bits per heavy atom. The van der Waals surface area contributed by atoms with Crippen LogP contribution in [-0.2, 0) is 4.74 Å². The molecular weight excluding hydrogens is 385 g/mol. The Balaban J connectivity index is 2.04. The summed E-state index contributed by atoms with van der Waals surface area (Å²) in [7, 11) is 1.32. The SMILES string of the molecule is COC(=O)c1sc2ncnc(Nc3ccc(F)cc3OC(CN)CN)c2c1C. The summed E-state index contributed by atoms with van der Waals surface area (Å²) in [6, 6.07) is 4.08. The Hall–Kier alpha value is -2.82. The second kappa shape index (κ2) is 8.46. The first-order chi connectivity index (χ1) is 13.5. The molecule has 148 valence electrons. The van der Waals surface area contributed by atoms with Crippen LogP contribution >= 0.6 is 11.3 Å². The minimum absolute atomic E-state index is 0.191. The number of nitrogens with zero attached hydrogens (tertiary/aromatic N) is 2. The molecule has 5 N–H and O–H groups in total. The molecule has 2 heterocycles. The van der Waals surface area contributed by atoms with E-state index in [2.05, 4.69) is 15.3 Å². The molecular formula is C18H20FN5O3S. The zero-order valence-corrected chi connectivity index (χ0v) is 16.2. The van der Waals surface area contributed by atoms with Crippen molar-refractivity contribution in [2.45, 2.75) is 13.0 Å². The summed E-state index contributed by atoms with van der Waals surface area (Å²) in [6.45, 7) is 2.17. The number of nitrogens with one attached hydrogen (secondary N) is 1. The minimum Gasteiger partial charge on any atom is -0.485 e. The summed E-state index contributed by atoms with van der Waals surface area (Å²) >= 11 is 1.22. The zero-order chi connectivity index (χ0) is 20.3. The molecule has 2 aromatic heterocycles. The number of methoxy groups -OCH3 is 1. The fraction of sp³-hybridized carbons (Fsp3) is 0.278. The summed E-state index contributed by atoms with van der Waals surface area (Å²) in [5.41, 5.74) is 12.4. The maximum atomic E-state index is 13.7. The number of anilines is 2. The van der Waals surface area contributed by atoms with Crippen LogP contribution in [0.4, 0.5) is 15.9 Å². The Bertz CT molecular complexity index is 1010. The van der Waals surface area contributed by atoms with Crippen LogP contribution in [0, 0.1) is 12.7 Å². The number of rotatable bonds is 7. The number of halogens is 1.